The number of hydrogen-bond donors (Lipinski definition) is 0. The number of ether oxygens (including phenoxy) is 2. The average Bonchev–Trinajstić information content (AvgIpc) is 3.87. The van der Waals surface area contributed by atoms with E-state index in [1.165, 1.54) is 22.3 Å². The molecule has 4 aromatic carbocycles. The minimum Gasteiger partial charge on any atom is -0.390 e. The van der Waals surface area contributed by atoms with Crippen LogP contribution in [0.5, 0.6) is 0 Å². The van der Waals surface area contributed by atoms with Crippen molar-refractivity contribution < 1.29 is 28.7 Å². The molecule has 8 nitrogen and oxygen atoms in total. The predicted octanol–water partition coefficient (Wildman–Crippen LogP) is 8.33. The van der Waals surface area contributed by atoms with E-state index < -0.39 is 23.9 Å². The van der Waals surface area contributed by atoms with Gasteiger partial charge in [-0.1, -0.05) is 121 Å². The zero-order valence-electron chi connectivity index (χ0n) is 32.3. The first-order chi connectivity index (χ1) is 27.4. The molecule has 2 unspecified atom stereocenters. The van der Waals surface area contributed by atoms with Crippen molar-refractivity contribution in [1.82, 2.24) is 9.80 Å². The summed E-state index contributed by atoms with van der Waals surface area (Å²) in [6.07, 6.45) is 7.78. The molecule has 2 aliphatic heterocycles. The van der Waals surface area contributed by atoms with Gasteiger partial charge in [-0.15, -0.1) is 0 Å². The fraction of sp³-hybridized carbons (Fsp3) is 0.375. The topological polar surface area (TPSA) is 93.2 Å². The summed E-state index contributed by atoms with van der Waals surface area (Å²) in [4.78, 5) is 54.4. The summed E-state index contributed by atoms with van der Waals surface area (Å²) in [7, 11) is 0. The van der Waals surface area contributed by atoms with Crippen LogP contribution in [0.3, 0.4) is 0 Å². The van der Waals surface area contributed by atoms with Crippen molar-refractivity contribution in [3.8, 4) is 0 Å². The molecule has 0 spiro atoms. The maximum absolute atomic E-state index is 12.5. The summed E-state index contributed by atoms with van der Waals surface area (Å²) in [5.41, 5.74) is 5.26. The minimum atomic E-state index is -0.949. The Morgan fingerprint density at radius 1 is 0.518 bits per heavy atom. The lowest BCUT2D eigenvalue weighted by atomic mass is 9.87. The molecule has 0 N–H and O–H groups in total. The normalized spacial score (nSPS) is 17.5. The summed E-state index contributed by atoms with van der Waals surface area (Å²) in [6, 6.07) is 42.4. The van der Waals surface area contributed by atoms with Crippen LogP contribution in [0.15, 0.2) is 133 Å². The first-order valence-corrected chi connectivity index (χ1v) is 20.2. The standard InChI is InChI=1S/C48H54N2O6/c51-45(55-47(53)33-37-27-31-49(35-37)29-13-23-43(39-15-5-1-6-16-39)40-17-7-2-8-18-40)25-26-46(52)56-48(54)34-38-28-32-50(36-38)30-14-24-44(41-19-9-3-10-20-41)42-21-11-4-12-22-42/h1-12,15-22,25-26,37-38,43-44H,13-14,23-24,27-36H2/b26-25-. The summed E-state index contributed by atoms with van der Waals surface area (Å²) >= 11 is 0. The van der Waals surface area contributed by atoms with Gasteiger partial charge in [-0.05, 0) is 98.8 Å². The van der Waals surface area contributed by atoms with E-state index in [1.807, 2.05) is 24.3 Å². The van der Waals surface area contributed by atoms with E-state index in [9.17, 15) is 19.2 Å². The molecule has 292 valence electrons. The maximum Gasteiger partial charge on any atom is 0.338 e. The average molecular weight is 755 g/mol. The van der Waals surface area contributed by atoms with E-state index in [-0.39, 0.29) is 24.7 Å². The number of rotatable bonds is 18. The van der Waals surface area contributed by atoms with Gasteiger partial charge in [-0.3, -0.25) is 9.59 Å². The highest BCUT2D eigenvalue weighted by molar-refractivity contribution is 5.99. The smallest absolute Gasteiger partial charge is 0.338 e. The van der Waals surface area contributed by atoms with E-state index in [1.54, 1.807) is 0 Å². The van der Waals surface area contributed by atoms with Gasteiger partial charge in [-0.25, -0.2) is 9.59 Å². The number of benzene rings is 4. The number of hydrogen-bond acceptors (Lipinski definition) is 8. The highest BCUT2D eigenvalue weighted by Gasteiger charge is 2.28. The van der Waals surface area contributed by atoms with Gasteiger partial charge in [0.1, 0.15) is 0 Å². The van der Waals surface area contributed by atoms with Gasteiger partial charge < -0.3 is 19.3 Å². The molecule has 2 heterocycles. The molecule has 2 aliphatic rings. The van der Waals surface area contributed by atoms with Gasteiger partial charge in [0.15, 0.2) is 0 Å². The number of likely N-dealkylation sites (tertiary alicyclic amines) is 2. The number of carbonyl (C=O) groups is 4. The molecule has 0 aromatic heterocycles. The Morgan fingerprint density at radius 3 is 1.16 bits per heavy atom. The molecule has 6 rings (SSSR count). The second-order valence-corrected chi connectivity index (χ2v) is 15.3. The van der Waals surface area contributed by atoms with Crippen molar-refractivity contribution in [3.05, 3.63) is 156 Å². The molecule has 2 fully saturated rings. The third-order valence-electron chi connectivity index (χ3n) is 11.2. The lowest BCUT2D eigenvalue weighted by molar-refractivity contribution is -0.159. The van der Waals surface area contributed by atoms with Gasteiger partial charge in [0.25, 0.3) is 0 Å². The molecule has 2 atom stereocenters. The second-order valence-electron chi connectivity index (χ2n) is 15.3. The zero-order chi connectivity index (χ0) is 39.0. The van der Waals surface area contributed by atoms with Crippen molar-refractivity contribution in [2.75, 3.05) is 39.3 Å². The zero-order valence-corrected chi connectivity index (χ0v) is 32.3. The van der Waals surface area contributed by atoms with E-state index in [0.717, 1.165) is 89.9 Å². The number of esters is 4. The third kappa shape index (κ3) is 12.7. The van der Waals surface area contributed by atoms with Gasteiger partial charge >= 0.3 is 23.9 Å². The van der Waals surface area contributed by atoms with Crippen LogP contribution in [-0.4, -0.2) is 72.9 Å². The van der Waals surface area contributed by atoms with E-state index in [2.05, 4.69) is 107 Å². The molecular formula is C48H54N2O6. The molecule has 8 heteroatoms. The van der Waals surface area contributed by atoms with Gasteiger partial charge in [0.05, 0.1) is 12.8 Å². The molecule has 0 amide bonds. The van der Waals surface area contributed by atoms with E-state index >= 15 is 0 Å². The number of carbonyl (C=O) groups excluding carboxylic acids is 4. The quantitative estimate of drug-likeness (QED) is 0.0569. The van der Waals surface area contributed by atoms with Crippen LogP contribution in [0, 0.1) is 11.8 Å². The van der Waals surface area contributed by atoms with Gasteiger partial charge in [-0.2, -0.15) is 0 Å². The molecule has 0 aliphatic carbocycles. The van der Waals surface area contributed by atoms with Crippen LogP contribution >= 0.6 is 0 Å². The summed E-state index contributed by atoms with van der Waals surface area (Å²) in [5, 5.41) is 0. The van der Waals surface area contributed by atoms with Crippen LogP contribution in [0.25, 0.3) is 0 Å². The molecule has 2 saturated heterocycles. The molecule has 4 aromatic rings. The Balaban J connectivity index is 0.842. The highest BCUT2D eigenvalue weighted by atomic mass is 16.6. The number of nitrogens with zero attached hydrogens (tertiary/aromatic N) is 2. The Bertz CT molecular complexity index is 1650. The first kappa shape index (κ1) is 40.5. The van der Waals surface area contributed by atoms with Crippen molar-refractivity contribution in [3.63, 3.8) is 0 Å². The van der Waals surface area contributed by atoms with Crippen molar-refractivity contribution in [2.45, 2.75) is 63.2 Å². The predicted molar refractivity (Wildman–Crippen MR) is 218 cm³/mol. The molecule has 0 saturated carbocycles. The van der Waals surface area contributed by atoms with Crippen LogP contribution in [0.1, 0.15) is 85.5 Å². The molecule has 0 radical (unpaired) electrons. The lowest BCUT2D eigenvalue weighted by Crippen LogP contribution is -2.24. The van der Waals surface area contributed by atoms with Crippen LogP contribution in [0.2, 0.25) is 0 Å². The van der Waals surface area contributed by atoms with Crippen molar-refractivity contribution in [2.24, 2.45) is 11.8 Å². The Hall–Kier alpha value is -5.18. The van der Waals surface area contributed by atoms with Crippen molar-refractivity contribution in [1.29, 1.82) is 0 Å². The monoisotopic (exact) mass is 754 g/mol. The largest absolute Gasteiger partial charge is 0.390 e. The first-order valence-electron chi connectivity index (χ1n) is 20.2. The lowest BCUT2D eigenvalue weighted by Gasteiger charge is -2.21. The van der Waals surface area contributed by atoms with Crippen LogP contribution in [-0.2, 0) is 28.7 Å². The van der Waals surface area contributed by atoms with Gasteiger partial charge in [0, 0.05) is 37.1 Å². The van der Waals surface area contributed by atoms with E-state index in [4.69, 9.17) is 9.47 Å². The highest BCUT2D eigenvalue weighted by Crippen LogP contribution is 2.31. The molecular weight excluding hydrogens is 701 g/mol. The second kappa shape index (κ2) is 21.2. The Kier molecular flexibility index (Phi) is 15.3. The Labute approximate surface area is 331 Å². The third-order valence-corrected chi connectivity index (χ3v) is 11.2. The molecule has 0 bridgehead atoms. The summed E-state index contributed by atoms with van der Waals surface area (Å²) in [6.45, 7) is 5.22. The minimum absolute atomic E-state index is 0.105. The fourth-order valence-electron chi connectivity index (χ4n) is 8.38. The van der Waals surface area contributed by atoms with Gasteiger partial charge in [0.2, 0.25) is 0 Å². The molecule has 56 heavy (non-hydrogen) atoms. The fourth-order valence-corrected chi connectivity index (χ4v) is 8.38. The van der Waals surface area contributed by atoms with Crippen LogP contribution in [0.4, 0.5) is 0 Å². The summed E-state index contributed by atoms with van der Waals surface area (Å²) < 4.78 is 9.90. The van der Waals surface area contributed by atoms with E-state index in [0.29, 0.717) is 11.8 Å². The summed E-state index contributed by atoms with van der Waals surface area (Å²) in [5.74, 6) is -2.26. The Morgan fingerprint density at radius 2 is 0.839 bits per heavy atom. The van der Waals surface area contributed by atoms with Crippen molar-refractivity contribution >= 4 is 23.9 Å². The SMILES string of the molecule is O=C(/C=C\C(=O)OC(=O)CC1CCN(CCCC(c2ccccc2)c2ccccc2)C1)OC(=O)CC1CCN(CCCC(c2ccccc2)c2ccccc2)C1. The van der Waals surface area contributed by atoms with Crippen LogP contribution < -0.4 is 0 Å². The maximum atomic E-state index is 12.5.